The van der Waals surface area contributed by atoms with Crippen LogP contribution in [-0.2, 0) is 6.54 Å². The predicted octanol–water partition coefficient (Wildman–Crippen LogP) is 2.73. The quantitative estimate of drug-likeness (QED) is 0.872. The van der Waals surface area contributed by atoms with Crippen molar-refractivity contribution in [2.45, 2.75) is 45.2 Å². The van der Waals surface area contributed by atoms with E-state index in [1.54, 1.807) is 6.20 Å². The third-order valence-corrected chi connectivity index (χ3v) is 4.75. The largest absolute Gasteiger partial charge is 0.334 e. The summed E-state index contributed by atoms with van der Waals surface area (Å²) in [6, 6.07) is 2.24. The Hall–Kier alpha value is -1.69. The fraction of sp³-hybridized carbons (Fsp3) is 0.533. The highest BCUT2D eigenvalue weighted by atomic mass is 32.1. The maximum atomic E-state index is 12.6. The summed E-state index contributed by atoms with van der Waals surface area (Å²) in [5, 5.41) is 7.05. The smallest absolute Gasteiger partial charge is 0.273 e. The van der Waals surface area contributed by atoms with Crippen LogP contribution in [0.5, 0.6) is 0 Å². The van der Waals surface area contributed by atoms with Gasteiger partial charge >= 0.3 is 0 Å². The van der Waals surface area contributed by atoms with Crippen molar-refractivity contribution in [2.24, 2.45) is 0 Å². The number of thiazole rings is 1. The summed E-state index contributed by atoms with van der Waals surface area (Å²) < 4.78 is 1.93. The molecular weight excluding hydrogens is 284 g/mol. The number of hydrogen-bond donors (Lipinski definition) is 0. The predicted molar refractivity (Wildman–Crippen MR) is 82.4 cm³/mol. The minimum atomic E-state index is 0.0875. The number of likely N-dealkylation sites (tertiary alicyclic amines) is 1. The molecule has 3 rings (SSSR count). The third kappa shape index (κ3) is 3.32. The molecule has 3 heterocycles. The summed E-state index contributed by atoms with van der Waals surface area (Å²) in [5.74, 6) is 0.0875. The first-order valence-electron chi connectivity index (χ1n) is 7.44. The lowest BCUT2D eigenvalue weighted by molar-refractivity contribution is 0.0588. The lowest BCUT2D eigenvalue weighted by Crippen LogP contribution is -2.44. The Morgan fingerprint density at radius 2 is 2.38 bits per heavy atom. The molecule has 1 saturated heterocycles. The van der Waals surface area contributed by atoms with Crippen molar-refractivity contribution in [3.63, 3.8) is 0 Å². The second-order valence-electron chi connectivity index (χ2n) is 5.46. The van der Waals surface area contributed by atoms with Crippen molar-refractivity contribution in [1.29, 1.82) is 0 Å². The van der Waals surface area contributed by atoms with E-state index in [0.29, 0.717) is 11.7 Å². The van der Waals surface area contributed by atoms with Crippen LogP contribution < -0.4 is 0 Å². The van der Waals surface area contributed by atoms with Crippen LogP contribution in [0.25, 0.3) is 0 Å². The van der Waals surface area contributed by atoms with E-state index < -0.39 is 0 Å². The average molecular weight is 304 g/mol. The highest BCUT2D eigenvalue weighted by Crippen LogP contribution is 2.23. The maximum Gasteiger partial charge on any atom is 0.273 e. The number of aryl methyl sites for hydroxylation is 2. The fourth-order valence-electron chi connectivity index (χ4n) is 2.89. The van der Waals surface area contributed by atoms with Crippen molar-refractivity contribution in [3.05, 3.63) is 34.5 Å². The number of rotatable bonds is 4. The zero-order valence-corrected chi connectivity index (χ0v) is 13.1. The number of carbonyl (C=O) groups excluding carboxylic acids is 1. The van der Waals surface area contributed by atoms with Gasteiger partial charge in [0.1, 0.15) is 5.69 Å². The van der Waals surface area contributed by atoms with Gasteiger partial charge in [-0.05, 0) is 38.7 Å². The van der Waals surface area contributed by atoms with Gasteiger partial charge in [-0.25, -0.2) is 4.98 Å². The van der Waals surface area contributed by atoms with Crippen LogP contribution >= 0.6 is 11.3 Å². The molecule has 21 heavy (non-hydrogen) atoms. The van der Waals surface area contributed by atoms with Crippen LogP contribution in [0.15, 0.2) is 23.8 Å². The SMILES string of the molecule is Cc1nc(C(=O)N2CCCCC2CCn2cccn2)cs1. The van der Waals surface area contributed by atoms with E-state index in [1.807, 2.05) is 34.1 Å². The van der Waals surface area contributed by atoms with Gasteiger partial charge in [-0.2, -0.15) is 5.10 Å². The molecule has 0 radical (unpaired) electrons. The molecule has 1 amide bonds. The van der Waals surface area contributed by atoms with Gasteiger partial charge < -0.3 is 4.90 Å². The molecule has 0 spiro atoms. The van der Waals surface area contributed by atoms with Crippen LogP contribution in [0.4, 0.5) is 0 Å². The first-order chi connectivity index (χ1) is 10.2. The molecule has 112 valence electrons. The van der Waals surface area contributed by atoms with Gasteiger partial charge in [0, 0.05) is 36.9 Å². The number of nitrogens with zero attached hydrogens (tertiary/aromatic N) is 4. The van der Waals surface area contributed by atoms with Crippen molar-refractivity contribution >= 4 is 17.2 Å². The summed E-state index contributed by atoms with van der Waals surface area (Å²) >= 11 is 1.54. The Morgan fingerprint density at radius 1 is 1.48 bits per heavy atom. The van der Waals surface area contributed by atoms with Gasteiger partial charge in [0.2, 0.25) is 0 Å². The zero-order chi connectivity index (χ0) is 14.7. The summed E-state index contributed by atoms with van der Waals surface area (Å²) in [6.45, 7) is 3.64. The Kier molecular flexibility index (Phi) is 4.34. The van der Waals surface area contributed by atoms with Gasteiger partial charge in [-0.3, -0.25) is 9.48 Å². The molecule has 6 heteroatoms. The Balaban J connectivity index is 1.67. The number of hydrogen-bond acceptors (Lipinski definition) is 4. The van der Waals surface area contributed by atoms with Crippen LogP contribution in [0.3, 0.4) is 0 Å². The molecular formula is C15H20N4OS. The number of aromatic nitrogens is 3. The highest BCUT2D eigenvalue weighted by molar-refractivity contribution is 7.09. The van der Waals surface area contributed by atoms with E-state index in [-0.39, 0.29) is 5.91 Å². The van der Waals surface area contributed by atoms with Crippen LogP contribution in [0.1, 0.15) is 41.2 Å². The second-order valence-corrected chi connectivity index (χ2v) is 6.52. The van der Waals surface area contributed by atoms with E-state index >= 15 is 0 Å². The highest BCUT2D eigenvalue weighted by Gasteiger charge is 2.28. The fourth-order valence-corrected chi connectivity index (χ4v) is 3.48. The molecule has 1 unspecified atom stereocenters. The lowest BCUT2D eigenvalue weighted by atomic mass is 9.99. The molecule has 1 atom stereocenters. The number of amides is 1. The summed E-state index contributed by atoms with van der Waals surface area (Å²) in [4.78, 5) is 19.0. The Labute approximate surface area is 128 Å². The molecule has 0 aromatic carbocycles. The molecule has 2 aromatic rings. The standard InChI is InChI=1S/C15H20N4OS/c1-12-17-14(11-21-12)15(20)19-9-3-2-5-13(19)6-10-18-8-4-7-16-18/h4,7-8,11,13H,2-3,5-6,9-10H2,1H3. The first-order valence-corrected chi connectivity index (χ1v) is 8.32. The molecule has 5 nitrogen and oxygen atoms in total. The van der Waals surface area contributed by atoms with E-state index in [4.69, 9.17) is 0 Å². The zero-order valence-electron chi connectivity index (χ0n) is 12.2. The molecule has 0 aliphatic carbocycles. The third-order valence-electron chi connectivity index (χ3n) is 3.98. The van der Waals surface area contributed by atoms with Gasteiger partial charge in [-0.1, -0.05) is 0 Å². The normalized spacial score (nSPS) is 18.9. The molecule has 1 aliphatic rings. The molecule has 0 saturated carbocycles. The Morgan fingerprint density at radius 3 is 3.10 bits per heavy atom. The van der Waals surface area contributed by atoms with Crippen molar-refractivity contribution < 1.29 is 4.79 Å². The first kappa shape index (κ1) is 14.3. The minimum Gasteiger partial charge on any atom is -0.334 e. The van der Waals surface area contributed by atoms with Gasteiger partial charge in [-0.15, -0.1) is 11.3 Å². The average Bonchev–Trinajstić information content (AvgIpc) is 3.16. The maximum absolute atomic E-state index is 12.6. The second kappa shape index (κ2) is 6.39. The van der Waals surface area contributed by atoms with Crippen molar-refractivity contribution in [2.75, 3.05) is 6.54 Å². The number of piperidine rings is 1. The van der Waals surface area contributed by atoms with Crippen molar-refractivity contribution in [3.8, 4) is 0 Å². The van der Waals surface area contributed by atoms with Crippen LogP contribution in [0.2, 0.25) is 0 Å². The van der Waals surface area contributed by atoms with Crippen LogP contribution in [-0.4, -0.2) is 38.2 Å². The van der Waals surface area contributed by atoms with E-state index in [9.17, 15) is 4.79 Å². The van der Waals surface area contributed by atoms with Gasteiger partial charge in [0.15, 0.2) is 0 Å². The van der Waals surface area contributed by atoms with Crippen molar-refractivity contribution in [1.82, 2.24) is 19.7 Å². The topological polar surface area (TPSA) is 51.0 Å². The van der Waals surface area contributed by atoms with Gasteiger partial charge in [0.05, 0.1) is 5.01 Å². The van der Waals surface area contributed by atoms with Gasteiger partial charge in [0.25, 0.3) is 5.91 Å². The summed E-state index contributed by atoms with van der Waals surface area (Å²) in [6.07, 6.45) is 8.09. The lowest BCUT2D eigenvalue weighted by Gasteiger charge is -2.35. The summed E-state index contributed by atoms with van der Waals surface area (Å²) in [5.41, 5.74) is 0.600. The van der Waals surface area contributed by atoms with E-state index in [0.717, 1.165) is 37.4 Å². The van der Waals surface area contributed by atoms with E-state index in [1.165, 1.54) is 17.8 Å². The molecule has 0 bridgehead atoms. The van der Waals surface area contributed by atoms with Crippen LogP contribution in [0, 0.1) is 6.92 Å². The molecule has 0 N–H and O–H groups in total. The van der Waals surface area contributed by atoms with E-state index in [2.05, 4.69) is 10.1 Å². The molecule has 1 fully saturated rings. The molecule has 1 aliphatic heterocycles. The molecule has 2 aromatic heterocycles. The summed E-state index contributed by atoms with van der Waals surface area (Å²) in [7, 11) is 0. The number of carbonyl (C=O) groups is 1. The minimum absolute atomic E-state index is 0.0875. The monoisotopic (exact) mass is 304 g/mol. The Bertz CT molecular complexity index is 593.